The van der Waals surface area contributed by atoms with Crippen molar-refractivity contribution in [1.29, 1.82) is 0 Å². The largest absolute Gasteiger partial charge is 0.507 e. The van der Waals surface area contributed by atoms with Gasteiger partial charge in [-0.15, -0.1) is 17.9 Å². The van der Waals surface area contributed by atoms with E-state index < -0.39 is 10.8 Å². The van der Waals surface area contributed by atoms with Crippen LogP contribution in [-0.4, -0.2) is 33.4 Å². The Hall–Kier alpha value is -4.05. The van der Waals surface area contributed by atoms with Crippen molar-refractivity contribution >= 4 is 29.1 Å². The number of nitrogens with zero attached hydrogens (tertiary/aromatic N) is 4. The minimum atomic E-state index is -0.757. The third kappa shape index (κ3) is 4.50. The van der Waals surface area contributed by atoms with Crippen molar-refractivity contribution in [3.05, 3.63) is 86.5 Å². The molecule has 0 bridgehead atoms. The van der Waals surface area contributed by atoms with Crippen LogP contribution in [0, 0.1) is 10.1 Å². The lowest BCUT2D eigenvalue weighted by Crippen LogP contribution is -2.13. The summed E-state index contributed by atoms with van der Waals surface area (Å²) in [5, 5.41) is 27.1. The van der Waals surface area contributed by atoms with Crippen LogP contribution in [0.3, 0.4) is 0 Å². The third-order valence-electron chi connectivity index (χ3n) is 4.00. The maximum Gasteiger partial charge on any atom is 0.270 e. The Morgan fingerprint density at radius 1 is 1.33 bits per heavy atom. The maximum atomic E-state index is 11.6. The number of non-ortho nitro benzene ring substituents is 1. The molecule has 30 heavy (non-hydrogen) atoms. The average Bonchev–Trinajstić information content (AvgIpc) is 3.13. The molecule has 3 N–H and O–H groups in total. The highest BCUT2D eigenvalue weighted by atomic mass is 32.1. The van der Waals surface area contributed by atoms with Crippen LogP contribution in [0.2, 0.25) is 0 Å². The van der Waals surface area contributed by atoms with E-state index in [9.17, 15) is 20.0 Å². The van der Waals surface area contributed by atoms with E-state index in [4.69, 9.17) is 5.73 Å². The zero-order chi connectivity index (χ0) is 21.7. The molecule has 1 heterocycles. The Labute approximate surface area is 174 Å². The van der Waals surface area contributed by atoms with E-state index >= 15 is 0 Å². The van der Waals surface area contributed by atoms with Gasteiger partial charge >= 0.3 is 0 Å². The van der Waals surface area contributed by atoms with Crippen LogP contribution in [-0.2, 0) is 0 Å². The van der Waals surface area contributed by atoms with Crippen molar-refractivity contribution in [1.82, 2.24) is 4.68 Å². The molecule has 0 spiro atoms. The van der Waals surface area contributed by atoms with Crippen molar-refractivity contribution in [3.8, 4) is 17.0 Å². The number of nitro benzene ring substituents is 1. The smallest absolute Gasteiger partial charge is 0.270 e. The summed E-state index contributed by atoms with van der Waals surface area (Å²) in [6.07, 6.45) is 3.12. The lowest BCUT2D eigenvalue weighted by molar-refractivity contribution is -0.384. The number of rotatable bonds is 7. The van der Waals surface area contributed by atoms with Crippen LogP contribution in [0.1, 0.15) is 15.9 Å². The Balaban J connectivity index is 2.11. The molecule has 0 fully saturated rings. The van der Waals surface area contributed by atoms with Crippen molar-refractivity contribution in [2.75, 3.05) is 6.54 Å². The van der Waals surface area contributed by atoms with Crippen LogP contribution < -0.4 is 10.5 Å². The number of nitro groups is 1. The molecule has 0 aliphatic carbocycles. The van der Waals surface area contributed by atoms with Crippen LogP contribution in [0.15, 0.2) is 70.6 Å². The molecule has 0 unspecified atom stereocenters. The summed E-state index contributed by atoms with van der Waals surface area (Å²) in [5.41, 5.74) is 6.99. The van der Waals surface area contributed by atoms with E-state index in [2.05, 4.69) is 16.7 Å². The Kier molecular flexibility index (Phi) is 6.18. The molecule has 10 heteroatoms. The van der Waals surface area contributed by atoms with Gasteiger partial charge < -0.3 is 10.8 Å². The summed E-state index contributed by atoms with van der Waals surface area (Å²) in [6.45, 7) is 4.02. The minimum absolute atomic E-state index is 0.0162. The Morgan fingerprint density at radius 3 is 2.83 bits per heavy atom. The molecule has 1 amide bonds. The van der Waals surface area contributed by atoms with Crippen molar-refractivity contribution in [2.24, 2.45) is 15.8 Å². The SMILES string of the molecule is C=CCN=c1scc(-c2ccc(O)c(C(N)=O)c2)n1/N=C/c1cccc([N+](=O)[O-])c1. The lowest BCUT2D eigenvalue weighted by atomic mass is 10.1. The molecule has 3 aromatic rings. The topological polar surface area (TPSA) is 136 Å². The standard InChI is InChI=1S/C20H17N5O4S/c1-2-8-22-20-24(23-11-13-4-3-5-15(9-13)25(28)29)17(12-30-20)14-6-7-18(26)16(10-14)19(21)27/h2-7,9-12,26H,1,8H2,(H2,21,27)/b22-20?,23-11+. The molecule has 0 radical (unpaired) electrons. The van der Waals surface area contributed by atoms with Gasteiger partial charge in [0, 0.05) is 28.6 Å². The first-order chi connectivity index (χ1) is 14.4. The number of amides is 1. The van der Waals surface area contributed by atoms with Crippen LogP contribution in [0.25, 0.3) is 11.3 Å². The predicted molar refractivity (Wildman–Crippen MR) is 115 cm³/mol. The van der Waals surface area contributed by atoms with Gasteiger partial charge in [-0.3, -0.25) is 19.9 Å². The van der Waals surface area contributed by atoms with E-state index in [0.29, 0.717) is 28.2 Å². The first kappa shape index (κ1) is 20.7. The fraction of sp³-hybridized carbons (Fsp3) is 0.0500. The number of aromatic nitrogens is 1. The molecule has 0 aliphatic rings. The van der Waals surface area contributed by atoms with Gasteiger partial charge in [0.2, 0.25) is 4.80 Å². The molecule has 0 atom stereocenters. The highest BCUT2D eigenvalue weighted by Crippen LogP contribution is 2.26. The second-order valence-corrected chi connectivity index (χ2v) is 6.87. The summed E-state index contributed by atoms with van der Waals surface area (Å²) in [6, 6.07) is 10.5. The van der Waals surface area contributed by atoms with Crippen molar-refractivity contribution < 1.29 is 14.8 Å². The molecule has 152 valence electrons. The lowest BCUT2D eigenvalue weighted by Gasteiger charge is -2.06. The highest BCUT2D eigenvalue weighted by Gasteiger charge is 2.13. The third-order valence-corrected chi connectivity index (χ3v) is 4.86. The summed E-state index contributed by atoms with van der Waals surface area (Å²) >= 11 is 1.32. The first-order valence-electron chi connectivity index (χ1n) is 8.64. The van der Waals surface area contributed by atoms with Gasteiger partial charge in [-0.25, -0.2) is 4.68 Å². The molecule has 0 saturated carbocycles. The van der Waals surface area contributed by atoms with Crippen molar-refractivity contribution in [2.45, 2.75) is 0 Å². The fourth-order valence-electron chi connectivity index (χ4n) is 2.60. The van der Waals surface area contributed by atoms with Crippen LogP contribution in [0.5, 0.6) is 5.75 Å². The van der Waals surface area contributed by atoms with Crippen LogP contribution >= 0.6 is 11.3 Å². The summed E-state index contributed by atoms with van der Waals surface area (Å²) in [5.74, 6) is -0.975. The first-order valence-corrected chi connectivity index (χ1v) is 9.52. The zero-order valence-corrected chi connectivity index (χ0v) is 16.5. The number of hydrogen-bond acceptors (Lipinski definition) is 7. The van der Waals surface area contributed by atoms with Gasteiger partial charge in [-0.2, -0.15) is 5.10 Å². The quantitative estimate of drug-likeness (QED) is 0.261. The molecule has 9 nitrogen and oxygen atoms in total. The zero-order valence-electron chi connectivity index (χ0n) is 15.6. The maximum absolute atomic E-state index is 11.6. The molecule has 0 aliphatic heterocycles. The van der Waals surface area contributed by atoms with E-state index in [1.54, 1.807) is 34.3 Å². The summed E-state index contributed by atoms with van der Waals surface area (Å²) in [4.78, 5) is 27.0. The number of primary amides is 1. The number of nitrogens with two attached hydrogens (primary N) is 1. The molecular weight excluding hydrogens is 406 g/mol. The monoisotopic (exact) mass is 423 g/mol. The Bertz CT molecular complexity index is 1230. The number of hydrogen-bond donors (Lipinski definition) is 2. The number of thiazole rings is 1. The van der Waals surface area contributed by atoms with Gasteiger partial charge in [0.1, 0.15) is 5.75 Å². The summed E-state index contributed by atoms with van der Waals surface area (Å²) < 4.78 is 1.55. The van der Waals surface area contributed by atoms with E-state index in [1.807, 2.05) is 0 Å². The van der Waals surface area contributed by atoms with Gasteiger partial charge in [-0.05, 0) is 18.2 Å². The van der Waals surface area contributed by atoms with Gasteiger partial charge in [-0.1, -0.05) is 18.2 Å². The second-order valence-electron chi connectivity index (χ2n) is 6.04. The molecule has 3 rings (SSSR count). The summed E-state index contributed by atoms with van der Waals surface area (Å²) in [7, 11) is 0. The normalized spacial score (nSPS) is 11.7. The highest BCUT2D eigenvalue weighted by molar-refractivity contribution is 7.07. The minimum Gasteiger partial charge on any atom is -0.507 e. The number of carbonyl (C=O) groups is 1. The Morgan fingerprint density at radius 2 is 2.13 bits per heavy atom. The van der Waals surface area contributed by atoms with Gasteiger partial charge in [0.25, 0.3) is 11.6 Å². The molecule has 0 saturated heterocycles. The molecular formula is C20H17N5O4S. The number of aromatic hydroxyl groups is 1. The van der Waals surface area contributed by atoms with Crippen LogP contribution in [0.4, 0.5) is 5.69 Å². The number of phenols is 1. The predicted octanol–water partition coefficient (Wildman–Crippen LogP) is 2.90. The number of benzene rings is 2. The fourth-order valence-corrected chi connectivity index (χ4v) is 3.44. The second kappa shape index (κ2) is 8.97. The molecule has 1 aromatic heterocycles. The molecule has 2 aromatic carbocycles. The van der Waals surface area contributed by atoms with E-state index in [-0.39, 0.29) is 17.0 Å². The van der Waals surface area contributed by atoms with Crippen molar-refractivity contribution in [3.63, 3.8) is 0 Å². The number of carbonyl (C=O) groups excluding carboxylic acids is 1. The van der Waals surface area contributed by atoms with Gasteiger partial charge in [0.05, 0.1) is 28.9 Å². The van der Waals surface area contributed by atoms with Gasteiger partial charge in [0.15, 0.2) is 0 Å². The van der Waals surface area contributed by atoms with E-state index in [0.717, 1.165) is 0 Å². The van der Waals surface area contributed by atoms with E-state index in [1.165, 1.54) is 41.8 Å². The average molecular weight is 423 g/mol.